The molecule has 0 saturated heterocycles. The molecule has 122 valence electrons. The lowest BCUT2D eigenvalue weighted by molar-refractivity contribution is -0.122. The second-order valence-electron chi connectivity index (χ2n) is 4.78. The zero-order chi connectivity index (χ0) is 16.8. The zero-order valence-corrected chi connectivity index (χ0v) is 13.6. The molecule has 0 aliphatic carbocycles. The highest BCUT2D eigenvalue weighted by molar-refractivity contribution is 6.31. The highest BCUT2D eigenvalue weighted by atomic mass is 35.5. The van der Waals surface area contributed by atoms with Crippen molar-refractivity contribution in [3.8, 4) is 11.5 Å². The Bertz CT molecular complexity index is 693. The van der Waals surface area contributed by atoms with Gasteiger partial charge in [-0.3, -0.25) is 4.79 Å². The summed E-state index contributed by atoms with van der Waals surface area (Å²) in [6.45, 7) is 1.78. The highest BCUT2D eigenvalue weighted by Gasteiger charge is 2.21. The summed E-state index contributed by atoms with van der Waals surface area (Å²) in [5, 5.41) is 3.16. The van der Waals surface area contributed by atoms with Gasteiger partial charge in [-0.25, -0.2) is 4.39 Å². The first-order valence-corrected chi connectivity index (χ1v) is 7.48. The van der Waals surface area contributed by atoms with E-state index in [9.17, 15) is 9.18 Å². The van der Waals surface area contributed by atoms with Gasteiger partial charge in [0, 0.05) is 5.02 Å². The van der Waals surface area contributed by atoms with Gasteiger partial charge in [-0.15, -0.1) is 0 Å². The molecular formula is C17H17ClFNO3. The third-order valence-electron chi connectivity index (χ3n) is 3.19. The van der Waals surface area contributed by atoms with Gasteiger partial charge in [0.2, 0.25) is 0 Å². The van der Waals surface area contributed by atoms with E-state index in [1.54, 1.807) is 37.3 Å². The number of para-hydroxylation sites is 1. The maximum atomic E-state index is 13.7. The van der Waals surface area contributed by atoms with E-state index < -0.39 is 17.8 Å². The second kappa shape index (κ2) is 7.83. The van der Waals surface area contributed by atoms with E-state index in [0.717, 1.165) is 0 Å². The minimum absolute atomic E-state index is 0.0348. The summed E-state index contributed by atoms with van der Waals surface area (Å²) in [7, 11) is 1.49. The summed E-state index contributed by atoms with van der Waals surface area (Å²) in [4.78, 5) is 12.4. The van der Waals surface area contributed by atoms with E-state index in [4.69, 9.17) is 21.1 Å². The summed E-state index contributed by atoms with van der Waals surface area (Å²) >= 11 is 5.93. The lowest BCUT2D eigenvalue weighted by Crippen LogP contribution is -2.32. The number of methoxy groups -OCH3 is 1. The molecule has 1 amide bonds. The van der Waals surface area contributed by atoms with Gasteiger partial charge < -0.3 is 14.8 Å². The molecule has 1 N–H and O–H groups in total. The molecule has 0 fully saturated rings. The molecule has 2 aromatic carbocycles. The van der Waals surface area contributed by atoms with Crippen molar-refractivity contribution < 1.29 is 18.7 Å². The molecule has 0 saturated carbocycles. The number of carbonyl (C=O) groups is 1. The van der Waals surface area contributed by atoms with Crippen molar-refractivity contribution in [2.45, 2.75) is 19.4 Å². The molecule has 0 aliphatic heterocycles. The van der Waals surface area contributed by atoms with Gasteiger partial charge in [-0.1, -0.05) is 30.7 Å². The summed E-state index contributed by atoms with van der Waals surface area (Å²) in [5.41, 5.74) is 0.431. The van der Waals surface area contributed by atoms with Gasteiger partial charge >= 0.3 is 0 Å². The Morgan fingerprint density at radius 3 is 2.65 bits per heavy atom. The third kappa shape index (κ3) is 4.36. The summed E-state index contributed by atoms with van der Waals surface area (Å²) in [5.74, 6) is -0.411. The SMILES string of the molecule is CC[C@H](Oc1ccccc1F)C(=O)Nc1cc(Cl)ccc1OC. The number of amides is 1. The smallest absolute Gasteiger partial charge is 0.265 e. The molecule has 2 rings (SSSR count). The summed E-state index contributed by atoms with van der Waals surface area (Å²) in [6, 6.07) is 10.8. The molecule has 0 unspecified atom stereocenters. The molecule has 1 atom stereocenters. The molecule has 0 spiro atoms. The quantitative estimate of drug-likeness (QED) is 0.855. The Hall–Kier alpha value is -2.27. The molecular weight excluding hydrogens is 321 g/mol. The zero-order valence-electron chi connectivity index (χ0n) is 12.8. The molecule has 0 aliphatic rings. The molecule has 0 heterocycles. The average molecular weight is 338 g/mol. The van der Waals surface area contributed by atoms with Crippen LogP contribution in [0.4, 0.5) is 10.1 Å². The molecule has 4 nitrogen and oxygen atoms in total. The van der Waals surface area contributed by atoms with E-state index in [2.05, 4.69) is 5.32 Å². The van der Waals surface area contributed by atoms with Crippen LogP contribution in [0.3, 0.4) is 0 Å². The van der Waals surface area contributed by atoms with E-state index in [1.165, 1.54) is 19.2 Å². The number of rotatable bonds is 6. The maximum absolute atomic E-state index is 13.7. The van der Waals surface area contributed by atoms with Crippen molar-refractivity contribution in [3.63, 3.8) is 0 Å². The minimum Gasteiger partial charge on any atom is -0.495 e. The lowest BCUT2D eigenvalue weighted by atomic mass is 10.2. The molecule has 2 aromatic rings. The number of benzene rings is 2. The number of ether oxygens (including phenoxy) is 2. The van der Waals surface area contributed by atoms with Crippen molar-refractivity contribution in [1.82, 2.24) is 0 Å². The number of carbonyl (C=O) groups excluding carboxylic acids is 1. The molecule has 0 aromatic heterocycles. The van der Waals surface area contributed by atoms with Crippen molar-refractivity contribution >= 4 is 23.2 Å². The monoisotopic (exact) mass is 337 g/mol. The Morgan fingerprint density at radius 1 is 1.26 bits per heavy atom. The van der Waals surface area contributed by atoms with Crippen molar-refractivity contribution in [2.75, 3.05) is 12.4 Å². The van der Waals surface area contributed by atoms with E-state index >= 15 is 0 Å². The molecule has 23 heavy (non-hydrogen) atoms. The number of anilines is 1. The lowest BCUT2D eigenvalue weighted by Gasteiger charge is -2.18. The van der Waals surface area contributed by atoms with E-state index in [0.29, 0.717) is 22.9 Å². The van der Waals surface area contributed by atoms with Crippen LogP contribution in [0.5, 0.6) is 11.5 Å². The highest BCUT2D eigenvalue weighted by Crippen LogP contribution is 2.28. The van der Waals surface area contributed by atoms with Crippen LogP contribution in [0.1, 0.15) is 13.3 Å². The van der Waals surface area contributed by atoms with Crippen molar-refractivity contribution in [2.24, 2.45) is 0 Å². The van der Waals surface area contributed by atoms with Gasteiger partial charge in [0.15, 0.2) is 17.7 Å². The first-order valence-electron chi connectivity index (χ1n) is 7.10. The third-order valence-corrected chi connectivity index (χ3v) is 3.42. The van der Waals surface area contributed by atoms with E-state index in [1.807, 2.05) is 0 Å². The van der Waals surface area contributed by atoms with Gasteiger partial charge in [-0.05, 0) is 36.8 Å². The predicted molar refractivity (Wildman–Crippen MR) is 87.7 cm³/mol. The number of halogens is 2. The minimum atomic E-state index is -0.837. The largest absolute Gasteiger partial charge is 0.495 e. The fraction of sp³-hybridized carbons (Fsp3) is 0.235. The number of hydrogen-bond acceptors (Lipinski definition) is 3. The Kier molecular flexibility index (Phi) is 5.82. The van der Waals surface area contributed by atoms with Gasteiger partial charge in [-0.2, -0.15) is 0 Å². The van der Waals surface area contributed by atoms with Crippen LogP contribution >= 0.6 is 11.6 Å². The molecule has 0 radical (unpaired) electrons. The van der Waals surface area contributed by atoms with Crippen molar-refractivity contribution in [1.29, 1.82) is 0 Å². The topological polar surface area (TPSA) is 47.6 Å². The Morgan fingerprint density at radius 2 is 2.00 bits per heavy atom. The number of hydrogen-bond donors (Lipinski definition) is 1. The Balaban J connectivity index is 2.15. The van der Waals surface area contributed by atoms with Crippen LogP contribution in [-0.2, 0) is 4.79 Å². The van der Waals surface area contributed by atoms with Gasteiger partial charge in [0.25, 0.3) is 5.91 Å². The van der Waals surface area contributed by atoms with Crippen LogP contribution in [-0.4, -0.2) is 19.1 Å². The summed E-state index contributed by atoms with van der Waals surface area (Å²) < 4.78 is 24.3. The second-order valence-corrected chi connectivity index (χ2v) is 5.22. The normalized spacial score (nSPS) is 11.7. The predicted octanol–water partition coefficient (Wildman–Crippen LogP) is 4.28. The van der Waals surface area contributed by atoms with Crippen LogP contribution in [0.15, 0.2) is 42.5 Å². The first kappa shape index (κ1) is 17.1. The van der Waals surface area contributed by atoms with Gasteiger partial charge in [0.05, 0.1) is 12.8 Å². The van der Waals surface area contributed by atoms with Gasteiger partial charge in [0.1, 0.15) is 5.75 Å². The average Bonchev–Trinajstić information content (AvgIpc) is 2.54. The number of nitrogens with one attached hydrogen (secondary N) is 1. The van der Waals surface area contributed by atoms with Crippen molar-refractivity contribution in [3.05, 3.63) is 53.3 Å². The van der Waals surface area contributed by atoms with Crippen LogP contribution in [0, 0.1) is 5.82 Å². The van der Waals surface area contributed by atoms with Crippen LogP contribution < -0.4 is 14.8 Å². The Labute approximate surface area is 139 Å². The van der Waals surface area contributed by atoms with Crippen LogP contribution in [0.2, 0.25) is 5.02 Å². The first-order chi connectivity index (χ1) is 11.0. The maximum Gasteiger partial charge on any atom is 0.265 e. The summed E-state index contributed by atoms with van der Waals surface area (Å²) in [6.07, 6.45) is -0.459. The molecule has 6 heteroatoms. The van der Waals surface area contributed by atoms with E-state index in [-0.39, 0.29) is 5.75 Å². The molecule has 0 bridgehead atoms. The fourth-order valence-corrected chi connectivity index (χ4v) is 2.18. The van der Waals surface area contributed by atoms with Crippen LogP contribution in [0.25, 0.3) is 0 Å². The standard InChI is InChI=1S/C17H17ClFNO3/c1-3-14(23-15-7-5-4-6-12(15)19)17(21)20-13-10-11(18)8-9-16(13)22-2/h4-10,14H,3H2,1-2H3,(H,20,21)/t14-/m0/s1. The fourth-order valence-electron chi connectivity index (χ4n) is 2.01.